The molecule has 0 unspecified atom stereocenters. The van der Waals surface area contributed by atoms with Crippen LogP contribution < -0.4 is 11.1 Å². The van der Waals surface area contributed by atoms with E-state index in [0.717, 1.165) is 31.3 Å². The molecule has 0 aromatic heterocycles. The summed E-state index contributed by atoms with van der Waals surface area (Å²) in [6, 6.07) is 9.83. The third-order valence-electron chi connectivity index (χ3n) is 4.70. The van der Waals surface area contributed by atoms with Crippen LogP contribution in [0.15, 0.2) is 36.4 Å². The van der Waals surface area contributed by atoms with E-state index < -0.39 is 11.7 Å². The van der Waals surface area contributed by atoms with Crippen molar-refractivity contribution in [3.8, 4) is 0 Å². The summed E-state index contributed by atoms with van der Waals surface area (Å²) in [5.41, 5.74) is 7.35. The Hall–Kier alpha value is -2.73. The van der Waals surface area contributed by atoms with Gasteiger partial charge in [0, 0.05) is 28.9 Å². The van der Waals surface area contributed by atoms with Crippen LogP contribution >= 0.6 is 0 Å². The zero-order valence-electron chi connectivity index (χ0n) is 14.7. The van der Waals surface area contributed by atoms with Gasteiger partial charge in [0.15, 0.2) is 0 Å². The van der Waals surface area contributed by atoms with E-state index in [1.54, 1.807) is 12.1 Å². The summed E-state index contributed by atoms with van der Waals surface area (Å²) in [4.78, 5) is 26.1. The van der Waals surface area contributed by atoms with E-state index in [9.17, 15) is 14.0 Å². The maximum absolute atomic E-state index is 13.9. The highest BCUT2D eigenvalue weighted by Crippen LogP contribution is 2.22. The lowest BCUT2D eigenvalue weighted by Gasteiger charge is -2.15. The second-order valence-corrected chi connectivity index (χ2v) is 6.63. The van der Waals surface area contributed by atoms with Crippen LogP contribution in [0.4, 0.5) is 10.1 Å². The minimum absolute atomic E-state index is 0.0179. The van der Waals surface area contributed by atoms with Gasteiger partial charge >= 0.3 is 0 Å². The maximum Gasteiger partial charge on any atom is 0.255 e. The average molecular weight is 355 g/mol. The van der Waals surface area contributed by atoms with Gasteiger partial charge < -0.3 is 11.1 Å². The number of anilines is 1. The Morgan fingerprint density at radius 1 is 1.12 bits per heavy atom. The van der Waals surface area contributed by atoms with Gasteiger partial charge in [-0.3, -0.25) is 14.5 Å². The first-order valence-corrected chi connectivity index (χ1v) is 8.66. The highest BCUT2D eigenvalue weighted by molar-refractivity contribution is 6.05. The zero-order chi connectivity index (χ0) is 18.7. The molecule has 2 aromatic rings. The van der Waals surface area contributed by atoms with E-state index in [1.165, 1.54) is 25.8 Å². The number of hydrogen-bond acceptors (Lipinski definition) is 3. The normalized spacial score (nSPS) is 14.4. The second kappa shape index (κ2) is 7.66. The molecule has 1 aliphatic rings. The fourth-order valence-corrected chi connectivity index (χ4v) is 3.11. The van der Waals surface area contributed by atoms with Gasteiger partial charge in [-0.25, -0.2) is 4.39 Å². The van der Waals surface area contributed by atoms with E-state index in [1.807, 2.05) is 12.1 Å². The molecule has 6 heteroatoms. The molecule has 1 saturated heterocycles. The van der Waals surface area contributed by atoms with Crippen LogP contribution in [0.3, 0.4) is 0 Å². The molecule has 3 rings (SSSR count). The van der Waals surface area contributed by atoms with Crippen LogP contribution in [0.5, 0.6) is 0 Å². The van der Waals surface area contributed by atoms with Gasteiger partial charge in [0.1, 0.15) is 5.82 Å². The molecule has 0 bridgehead atoms. The molecule has 1 fully saturated rings. The molecule has 2 amide bonds. The Bertz CT molecular complexity index is 828. The van der Waals surface area contributed by atoms with Gasteiger partial charge in [0.05, 0.1) is 0 Å². The van der Waals surface area contributed by atoms with Crippen LogP contribution in [-0.2, 0) is 6.54 Å². The Kier molecular flexibility index (Phi) is 5.32. The predicted octanol–water partition coefficient (Wildman–Crippen LogP) is 3.08. The van der Waals surface area contributed by atoms with Gasteiger partial charge in [0.25, 0.3) is 5.91 Å². The second-order valence-electron chi connectivity index (χ2n) is 6.63. The van der Waals surface area contributed by atoms with E-state index in [-0.39, 0.29) is 22.7 Å². The Balaban J connectivity index is 1.72. The minimum Gasteiger partial charge on any atom is -0.366 e. The first kappa shape index (κ1) is 18.1. The van der Waals surface area contributed by atoms with Gasteiger partial charge in [-0.1, -0.05) is 12.1 Å². The molecule has 136 valence electrons. The summed E-state index contributed by atoms with van der Waals surface area (Å²) < 4.78 is 13.9. The summed E-state index contributed by atoms with van der Waals surface area (Å²) in [5.74, 6) is -1.69. The summed E-state index contributed by atoms with van der Waals surface area (Å²) in [6.07, 6.45) is 2.47. The molecule has 1 aliphatic heterocycles. The van der Waals surface area contributed by atoms with E-state index in [2.05, 4.69) is 10.2 Å². The number of primary amides is 1. The molecule has 2 aromatic carbocycles. The van der Waals surface area contributed by atoms with Gasteiger partial charge in [0.2, 0.25) is 5.91 Å². The number of benzene rings is 2. The zero-order valence-corrected chi connectivity index (χ0v) is 14.7. The minimum atomic E-state index is -0.745. The number of hydrogen-bond donors (Lipinski definition) is 2. The van der Waals surface area contributed by atoms with Crippen LogP contribution in [0.25, 0.3) is 0 Å². The number of nitrogens with zero attached hydrogens (tertiary/aromatic N) is 1. The quantitative estimate of drug-likeness (QED) is 0.865. The van der Waals surface area contributed by atoms with Gasteiger partial charge in [-0.2, -0.15) is 0 Å². The lowest BCUT2D eigenvalue weighted by Crippen LogP contribution is -2.18. The molecule has 0 spiro atoms. The van der Waals surface area contributed by atoms with Crippen molar-refractivity contribution in [2.45, 2.75) is 26.3 Å². The van der Waals surface area contributed by atoms with Crippen molar-refractivity contribution in [2.75, 3.05) is 18.4 Å². The topological polar surface area (TPSA) is 75.4 Å². The lowest BCUT2D eigenvalue weighted by molar-refractivity contribution is 0.0995. The van der Waals surface area contributed by atoms with E-state index in [0.29, 0.717) is 5.56 Å². The highest BCUT2D eigenvalue weighted by Gasteiger charge is 2.15. The van der Waals surface area contributed by atoms with Crippen molar-refractivity contribution in [1.82, 2.24) is 4.90 Å². The van der Waals surface area contributed by atoms with Crippen LogP contribution in [0, 0.1) is 12.7 Å². The fourth-order valence-electron chi connectivity index (χ4n) is 3.11. The molecule has 0 radical (unpaired) electrons. The van der Waals surface area contributed by atoms with Crippen LogP contribution in [0.1, 0.15) is 44.7 Å². The maximum atomic E-state index is 13.9. The van der Waals surface area contributed by atoms with Crippen molar-refractivity contribution >= 4 is 17.5 Å². The molecule has 1 heterocycles. The predicted molar refractivity (Wildman–Crippen MR) is 98.6 cm³/mol. The standard InChI is InChI=1S/C20H22FN3O2/c1-13-17(21)10-16(19(22)25)11-18(13)23-20(26)15-6-4-14(5-7-15)12-24-8-2-3-9-24/h4-7,10-11H,2-3,8-9,12H2,1H3,(H2,22,25)(H,23,26). The monoisotopic (exact) mass is 355 g/mol. The highest BCUT2D eigenvalue weighted by atomic mass is 19.1. The largest absolute Gasteiger partial charge is 0.366 e. The number of amides is 2. The Morgan fingerprint density at radius 2 is 1.77 bits per heavy atom. The van der Waals surface area contributed by atoms with Crippen molar-refractivity contribution in [1.29, 1.82) is 0 Å². The number of halogens is 1. The van der Waals surface area contributed by atoms with Crippen molar-refractivity contribution in [2.24, 2.45) is 5.73 Å². The molecule has 0 aliphatic carbocycles. The third-order valence-corrected chi connectivity index (χ3v) is 4.70. The van der Waals surface area contributed by atoms with E-state index >= 15 is 0 Å². The Morgan fingerprint density at radius 3 is 2.38 bits per heavy atom. The first-order chi connectivity index (χ1) is 12.4. The molecule has 0 atom stereocenters. The molecule has 5 nitrogen and oxygen atoms in total. The van der Waals surface area contributed by atoms with Crippen LogP contribution in [0.2, 0.25) is 0 Å². The molecule has 26 heavy (non-hydrogen) atoms. The summed E-state index contributed by atoms with van der Waals surface area (Å²) in [7, 11) is 0. The first-order valence-electron chi connectivity index (χ1n) is 8.66. The van der Waals surface area contributed by atoms with E-state index in [4.69, 9.17) is 5.73 Å². The van der Waals surface area contributed by atoms with Crippen molar-refractivity contribution in [3.05, 3.63) is 64.5 Å². The van der Waals surface area contributed by atoms with Crippen molar-refractivity contribution in [3.63, 3.8) is 0 Å². The SMILES string of the molecule is Cc1c(F)cc(C(N)=O)cc1NC(=O)c1ccc(CN2CCCC2)cc1. The van der Waals surface area contributed by atoms with Gasteiger partial charge in [-0.05, 0) is 62.7 Å². The van der Waals surface area contributed by atoms with Crippen molar-refractivity contribution < 1.29 is 14.0 Å². The number of nitrogens with one attached hydrogen (secondary N) is 1. The number of likely N-dealkylation sites (tertiary alicyclic amines) is 1. The molecular formula is C20H22FN3O2. The number of carbonyl (C=O) groups is 2. The fraction of sp³-hybridized carbons (Fsp3) is 0.300. The lowest BCUT2D eigenvalue weighted by atomic mass is 10.1. The average Bonchev–Trinajstić information content (AvgIpc) is 3.12. The van der Waals surface area contributed by atoms with Gasteiger partial charge in [-0.15, -0.1) is 0 Å². The number of nitrogens with two attached hydrogens (primary N) is 1. The smallest absolute Gasteiger partial charge is 0.255 e. The molecular weight excluding hydrogens is 333 g/mol. The summed E-state index contributed by atoms with van der Waals surface area (Å²) in [5, 5.41) is 2.66. The molecule has 0 saturated carbocycles. The Labute approximate surface area is 152 Å². The number of carbonyl (C=O) groups excluding carboxylic acids is 2. The number of rotatable bonds is 5. The third kappa shape index (κ3) is 4.08. The molecule has 3 N–H and O–H groups in total. The van der Waals surface area contributed by atoms with Crippen LogP contribution in [-0.4, -0.2) is 29.8 Å². The summed E-state index contributed by atoms with van der Waals surface area (Å²) >= 11 is 0. The summed E-state index contributed by atoms with van der Waals surface area (Å²) in [6.45, 7) is 4.65.